The van der Waals surface area contributed by atoms with E-state index in [2.05, 4.69) is 4.52 Å². The molecule has 0 N–H and O–H groups in total. The van der Waals surface area contributed by atoms with E-state index in [-0.39, 0.29) is 0 Å². The molecule has 1 nitrogen and oxygen atoms in total. The van der Waals surface area contributed by atoms with Gasteiger partial charge in [0, 0.05) is 6.61 Å². The van der Waals surface area contributed by atoms with Crippen LogP contribution >= 0.6 is 8.15 Å². The van der Waals surface area contributed by atoms with E-state index >= 15 is 0 Å². The summed E-state index contributed by atoms with van der Waals surface area (Å²) in [4.78, 5) is 0. The molecule has 0 aliphatic heterocycles. The topological polar surface area (TPSA) is 9.23 Å². The Morgan fingerprint density at radius 2 is 1.33 bits per heavy atom. The fourth-order valence-corrected chi connectivity index (χ4v) is 1.26. The molecule has 0 spiro atoms. The maximum Gasteiger partial charge on any atom is 0.439 e. The maximum atomic E-state index is 11.6. The molecule has 0 fully saturated rings. The van der Waals surface area contributed by atoms with Gasteiger partial charge in [0.15, 0.2) is 0 Å². The zero-order valence-corrected chi connectivity index (χ0v) is 6.72. The second-order valence-electron chi connectivity index (χ2n) is 1.65. The van der Waals surface area contributed by atoms with Crippen molar-refractivity contribution in [2.45, 2.75) is 18.8 Å². The first-order valence-electron chi connectivity index (χ1n) is 2.76. The third-order valence-electron chi connectivity index (χ3n) is 0.719. The molecule has 0 saturated carbocycles. The van der Waals surface area contributed by atoms with E-state index in [9.17, 15) is 26.3 Å². The van der Waals surface area contributed by atoms with Gasteiger partial charge in [-0.25, -0.2) is 0 Å². The summed E-state index contributed by atoms with van der Waals surface area (Å²) in [5, 5.41) is 0. The average molecular weight is 214 g/mol. The monoisotopic (exact) mass is 214 g/mol. The van der Waals surface area contributed by atoms with Gasteiger partial charge in [0.25, 0.3) is 8.15 Å². The second-order valence-corrected chi connectivity index (χ2v) is 3.51. The van der Waals surface area contributed by atoms with Crippen LogP contribution in [0.4, 0.5) is 26.3 Å². The van der Waals surface area contributed by atoms with E-state index in [1.165, 1.54) is 0 Å². The summed E-state index contributed by atoms with van der Waals surface area (Å²) in [6, 6.07) is 0. The van der Waals surface area contributed by atoms with E-state index in [1.54, 1.807) is 0 Å². The van der Waals surface area contributed by atoms with Gasteiger partial charge in [0.1, 0.15) is 0 Å². The highest BCUT2D eigenvalue weighted by molar-refractivity contribution is 7.54. The van der Waals surface area contributed by atoms with E-state index < -0.39 is 26.6 Å². The lowest BCUT2D eigenvalue weighted by molar-refractivity contribution is -0.0981. The lowest BCUT2D eigenvalue weighted by atomic mass is 10.9. The molecule has 8 heteroatoms. The van der Waals surface area contributed by atoms with Gasteiger partial charge in [0.2, 0.25) is 0 Å². The van der Waals surface area contributed by atoms with Crippen LogP contribution in [0.5, 0.6) is 0 Å². The lowest BCUT2D eigenvalue weighted by Crippen LogP contribution is -2.19. The predicted molar refractivity (Wildman–Crippen MR) is 30.7 cm³/mol. The Kier molecular flexibility index (Phi) is 3.78. The fourth-order valence-electron chi connectivity index (χ4n) is 0.419. The van der Waals surface area contributed by atoms with Gasteiger partial charge in [-0.2, -0.15) is 26.3 Å². The van der Waals surface area contributed by atoms with Crippen LogP contribution in [0, 0.1) is 0 Å². The van der Waals surface area contributed by atoms with Crippen LogP contribution in [0.1, 0.15) is 6.92 Å². The minimum Gasteiger partial charge on any atom is -0.344 e. The van der Waals surface area contributed by atoms with Gasteiger partial charge in [-0.15, -0.1) is 0 Å². The normalized spacial score (nSPS) is 14.0. The van der Waals surface area contributed by atoms with Crippen molar-refractivity contribution in [3.8, 4) is 0 Å². The zero-order valence-electron chi connectivity index (χ0n) is 5.83. The molecule has 12 heavy (non-hydrogen) atoms. The van der Waals surface area contributed by atoms with Crippen molar-refractivity contribution >= 4 is 8.15 Å². The van der Waals surface area contributed by atoms with Gasteiger partial charge in [-0.05, 0) is 6.92 Å². The number of alkyl halides is 6. The number of rotatable bonds is 2. The number of hydrogen-bond donors (Lipinski definition) is 0. The van der Waals surface area contributed by atoms with Gasteiger partial charge in [-0.1, -0.05) is 0 Å². The quantitative estimate of drug-likeness (QED) is 0.505. The fraction of sp³-hybridized carbons (Fsp3) is 1.00. The Balaban J connectivity index is 4.45. The summed E-state index contributed by atoms with van der Waals surface area (Å²) in [6.07, 6.45) is 0. The predicted octanol–water partition coefficient (Wildman–Crippen LogP) is 3.46. The Bertz CT molecular complexity index is 125. The van der Waals surface area contributed by atoms with Crippen molar-refractivity contribution in [1.29, 1.82) is 0 Å². The smallest absolute Gasteiger partial charge is 0.344 e. The van der Waals surface area contributed by atoms with Crippen LogP contribution in [0.2, 0.25) is 0 Å². The molecule has 0 aliphatic carbocycles. The van der Waals surface area contributed by atoms with Gasteiger partial charge in [-0.3, -0.25) is 0 Å². The molecule has 0 amide bonds. The first-order valence-corrected chi connectivity index (χ1v) is 4.02. The Morgan fingerprint density at radius 3 is 1.42 bits per heavy atom. The summed E-state index contributed by atoms with van der Waals surface area (Å²) >= 11 is 0. The third kappa shape index (κ3) is 3.58. The first-order chi connectivity index (χ1) is 5.19. The SMILES string of the molecule is CCOP(C(F)(F)F)C(F)(F)F. The zero-order chi connectivity index (χ0) is 9.99. The summed E-state index contributed by atoms with van der Waals surface area (Å²) in [5.41, 5.74) is 0. The van der Waals surface area contributed by atoms with Crippen LogP contribution in [-0.4, -0.2) is 18.4 Å². The Hall–Kier alpha value is -0.0300. The molecule has 0 heterocycles. The molecule has 0 bridgehead atoms. The van der Waals surface area contributed by atoms with Crippen molar-refractivity contribution in [1.82, 2.24) is 0 Å². The summed E-state index contributed by atoms with van der Waals surface area (Å²) in [6.45, 7) is 0.470. The average Bonchev–Trinajstić information content (AvgIpc) is 1.77. The van der Waals surface area contributed by atoms with E-state index in [0.29, 0.717) is 0 Å². The molecule has 0 radical (unpaired) electrons. The van der Waals surface area contributed by atoms with Crippen molar-refractivity contribution in [2.24, 2.45) is 0 Å². The van der Waals surface area contributed by atoms with Crippen molar-refractivity contribution in [3.63, 3.8) is 0 Å². The van der Waals surface area contributed by atoms with Crippen LogP contribution in [0.25, 0.3) is 0 Å². The highest BCUT2D eigenvalue weighted by Crippen LogP contribution is 2.64. The van der Waals surface area contributed by atoms with E-state index in [1.807, 2.05) is 0 Å². The van der Waals surface area contributed by atoms with Crippen LogP contribution in [0.15, 0.2) is 0 Å². The number of hydrogen-bond acceptors (Lipinski definition) is 1. The third-order valence-corrected chi connectivity index (χ3v) is 2.16. The van der Waals surface area contributed by atoms with Gasteiger partial charge >= 0.3 is 11.8 Å². The minimum atomic E-state index is -5.33. The van der Waals surface area contributed by atoms with E-state index in [4.69, 9.17) is 0 Å². The van der Waals surface area contributed by atoms with Crippen LogP contribution < -0.4 is 0 Å². The summed E-state index contributed by atoms with van der Waals surface area (Å²) in [5.74, 6) is -10.7. The minimum absolute atomic E-state index is 0.606. The second kappa shape index (κ2) is 3.79. The molecule has 74 valence electrons. The number of halogens is 6. The van der Waals surface area contributed by atoms with Gasteiger partial charge < -0.3 is 4.52 Å². The summed E-state index contributed by atoms with van der Waals surface area (Å²) in [7, 11) is -4.34. The molecule has 0 atom stereocenters. The largest absolute Gasteiger partial charge is 0.439 e. The van der Waals surface area contributed by atoms with Crippen molar-refractivity contribution in [3.05, 3.63) is 0 Å². The molecular formula is C4H5F6OP. The maximum absolute atomic E-state index is 11.6. The highest BCUT2D eigenvalue weighted by Gasteiger charge is 2.58. The summed E-state index contributed by atoms with van der Waals surface area (Å²) < 4.78 is 73.1. The Labute approximate surface area is 65.5 Å². The molecule has 0 aromatic carbocycles. The van der Waals surface area contributed by atoms with E-state index in [0.717, 1.165) is 6.92 Å². The highest BCUT2D eigenvalue weighted by atomic mass is 31.1. The molecule has 0 aromatic rings. The molecule has 0 rings (SSSR count). The van der Waals surface area contributed by atoms with Crippen molar-refractivity contribution < 1.29 is 30.9 Å². The Morgan fingerprint density at radius 1 is 1.00 bits per heavy atom. The first kappa shape index (κ1) is 12.0. The van der Waals surface area contributed by atoms with Gasteiger partial charge in [0.05, 0.1) is 0 Å². The molecular weight excluding hydrogens is 209 g/mol. The van der Waals surface area contributed by atoms with Crippen LogP contribution in [0.3, 0.4) is 0 Å². The molecule has 0 unspecified atom stereocenters. The standard InChI is InChI=1S/C4H5F6OP/c1-2-11-12(3(5,6)7)4(8,9)10/h2H2,1H3. The molecule has 0 saturated heterocycles. The lowest BCUT2D eigenvalue weighted by Gasteiger charge is -2.21. The molecule has 0 aliphatic rings. The van der Waals surface area contributed by atoms with Crippen molar-refractivity contribution in [2.75, 3.05) is 6.61 Å². The molecule has 0 aromatic heterocycles. The van der Waals surface area contributed by atoms with Crippen LogP contribution in [-0.2, 0) is 4.52 Å².